The molecule has 84 valence electrons. The zero-order valence-electron chi connectivity index (χ0n) is 10.2. The zero-order chi connectivity index (χ0) is 10.4. The van der Waals surface area contributed by atoms with Crippen LogP contribution in [0.1, 0.15) is 59.3 Å². The molecule has 1 rings (SSSR count). The van der Waals surface area contributed by atoms with E-state index in [2.05, 4.69) is 26.1 Å². The van der Waals surface area contributed by atoms with Crippen LogP contribution in [0.25, 0.3) is 0 Å². The highest BCUT2D eigenvalue weighted by Gasteiger charge is 2.37. The molecular weight excluding hydrogens is 170 g/mol. The number of nitrogens with one attached hydrogen (secondary N) is 1. The highest BCUT2D eigenvalue weighted by molar-refractivity contribution is 4.90. The van der Waals surface area contributed by atoms with Gasteiger partial charge in [0.1, 0.15) is 0 Å². The number of piperidine rings is 1. The Bertz CT molecular complexity index is 142. The minimum absolute atomic E-state index is 0.684. The Balaban J connectivity index is 2.68. The van der Waals surface area contributed by atoms with Crippen molar-refractivity contribution in [3.63, 3.8) is 0 Å². The molecule has 0 bridgehead atoms. The van der Waals surface area contributed by atoms with E-state index in [0.717, 1.165) is 5.92 Å². The predicted octanol–water partition coefficient (Wildman–Crippen LogP) is 3.59. The summed E-state index contributed by atoms with van der Waals surface area (Å²) in [7, 11) is 0. The lowest BCUT2D eigenvalue weighted by Gasteiger charge is -2.45. The fourth-order valence-corrected chi connectivity index (χ4v) is 3.39. The van der Waals surface area contributed by atoms with Crippen LogP contribution in [0.2, 0.25) is 0 Å². The summed E-state index contributed by atoms with van der Waals surface area (Å²) in [5.74, 6) is 0.927. The van der Waals surface area contributed by atoms with Crippen molar-refractivity contribution in [3.05, 3.63) is 0 Å². The van der Waals surface area contributed by atoms with Gasteiger partial charge in [0.05, 0.1) is 0 Å². The summed E-state index contributed by atoms with van der Waals surface area (Å²) >= 11 is 0. The van der Waals surface area contributed by atoms with Crippen LogP contribution in [0.4, 0.5) is 0 Å². The molecular formula is C13H27N. The average molecular weight is 197 g/mol. The molecule has 1 fully saturated rings. The summed E-state index contributed by atoms with van der Waals surface area (Å²) in [4.78, 5) is 0. The highest BCUT2D eigenvalue weighted by Crippen LogP contribution is 2.44. The van der Waals surface area contributed by atoms with Crippen molar-refractivity contribution in [2.24, 2.45) is 11.3 Å². The first kappa shape index (κ1) is 12.0. The third-order valence-corrected chi connectivity index (χ3v) is 4.05. The molecule has 1 aliphatic heterocycles. The molecule has 0 aliphatic carbocycles. The fourth-order valence-electron chi connectivity index (χ4n) is 3.39. The van der Waals surface area contributed by atoms with Gasteiger partial charge in [0, 0.05) is 0 Å². The molecule has 0 aromatic rings. The van der Waals surface area contributed by atoms with E-state index < -0.39 is 0 Å². The maximum absolute atomic E-state index is 3.56. The molecule has 0 radical (unpaired) electrons. The molecule has 1 heteroatoms. The Hall–Kier alpha value is -0.0400. The largest absolute Gasteiger partial charge is 0.316 e. The van der Waals surface area contributed by atoms with E-state index in [1.165, 1.54) is 51.6 Å². The Kier molecular flexibility index (Phi) is 4.94. The lowest BCUT2D eigenvalue weighted by Crippen LogP contribution is -2.44. The molecule has 14 heavy (non-hydrogen) atoms. The summed E-state index contributed by atoms with van der Waals surface area (Å²) in [5, 5.41) is 3.56. The van der Waals surface area contributed by atoms with Crippen LogP contribution in [0.5, 0.6) is 0 Å². The second-order valence-electron chi connectivity index (χ2n) is 4.92. The third-order valence-electron chi connectivity index (χ3n) is 4.05. The van der Waals surface area contributed by atoms with Crippen LogP contribution in [-0.2, 0) is 0 Å². The van der Waals surface area contributed by atoms with Gasteiger partial charge in [-0.15, -0.1) is 0 Å². The van der Waals surface area contributed by atoms with Crippen LogP contribution in [-0.4, -0.2) is 13.1 Å². The SMILES string of the molecule is CCCC1(CCC)CCNCC1CC. The maximum Gasteiger partial charge on any atom is -0.00153 e. The smallest absolute Gasteiger partial charge is 0.00153 e. The van der Waals surface area contributed by atoms with Crippen molar-refractivity contribution >= 4 is 0 Å². The van der Waals surface area contributed by atoms with E-state index in [-0.39, 0.29) is 0 Å². The zero-order valence-corrected chi connectivity index (χ0v) is 10.2. The monoisotopic (exact) mass is 197 g/mol. The van der Waals surface area contributed by atoms with Crippen molar-refractivity contribution in [1.82, 2.24) is 5.32 Å². The van der Waals surface area contributed by atoms with Gasteiger partial charge >= 0.3 is 0 Å². The Morgan fingerprint density at radius 1 is 1.14 bits per heavy atom. The molecule has 1 N–H and O–H groups in total. The number of hydrogen-bond donors (Lipinski definition) is 1. The maximum atomic E-state index is 3.56. The van der Waals surface area contributed by atoms with Gasteiger partial charge in [-0.2, -0.15) is 0 Å². The van der Waals surface area contributed by atoms with Crippen LogP contribution < -0.4 is 5.32 Å². The normalized spacial score (nSPS) is 26.4. The van der Waals surface area contributed by atoms with E-state index in [9.17, 15) is 0 Å². The highest BCUT2D eigenvalue weighted by atomic mass is 14.9. The lowest BCUT2D eigenvalue weighted by molar-refractivity contribution is 0.0787. The van der Waals surface area contributed by atoms with E-state index in [4.69, 9.17) is 0 Å². The first-order valence-electron chi connectivity index (χ1n) is 6.49. The molecule has 0 aromatic carbocycles. The minimum Gasteiger partial charge on any atom is -0.316 e. The van der Waals surface area contributed by atoms with E-state index in [1.807, 2.05) is 0 Å². The summed E-state index contributed by atoms with van der Waals surface area (Å²) in [5.41, 5.74) is 0.684. The molecule has 1 atom stereocenters. The van der Waals surface area contributed by atoms with Crippen LogP contribution in [0, 0.1) is 11.3 Å². The topological polar surface area (TPSA) is 12.0 Å². The van der Waals surface area contributed by atoms with Gasteiger partial charge in [0.2, 0.25) is 0 Å². The second-order valence-corrected chi connectivity index (χ2v) is 4.92. The molecule has 0 saturated carbocycles. The number of hydrogen-bond acceptors (Lipinski definition) is 1. The predicted molar refractivity (Wildman–Crippen MR) is 63.5 cm³/mol. The molecule has 1 aliphatic rings. The van der Waals surface area contributed by atoms with E-state index in [0.29, 0.717) is 5.41 Å². The van der Waals surface area contributed by atoms with Crippen molar-refractivity contribution in [1.29, 1.82) is 0 Å². The van der Waals surface area contributed by atoms with Gasteiger partial charge in [-0.1, -0.05) is 40.0 Å². The quantitative estimate of drug-likeness (QED) is 0.710. The van der Waals surface area contributed by atoms with Gasteiger partial charge in [-0.05, 0) is 43.7 Å². The van der Waals surface area contributed by atoms with Gasteiger partial charge < -0.3 is 5.32 Å². The van der Waals surface area contributed by atoms with Crippen molar-refractivity contribution < 1.29 is 0 Å². The average Bonchev–Trinajstić information content (AvgIpc) is 2.19. The molecule has 1 unspecified atom stereocenters. The summed E-state index contributed by atoms with van der Waals surface area (Å²) in [6.07, 6.45) is 8.37. The molecule has 1 heterocycles. The van der Waals surface area contributed by atoms with Gasteiger partial charge in [0.25, 0.3) is 0 Å². The standard InChI is InChI=1S/C13H27N/c1-4-7-13(8-5-2)9-10-14-11-12(13)6-3/h12,14H,4-11H2,1-3H3. The van der Waals surface area contributed by atoms with E-state index >= 15 is 0 Å². The molecule has 0 spiro atoms. The van der Waals surface area contributed by atoms with Gasteiger partial charge in [-0.25, -0.2) is 0 Å². The van der Waals surface area contributed by atoms with Crippen molar-refractivity contribution in [2.75, 3.05) is 13.1 Å². The first-order valence-corrected chi connectivity index (χ1v) is 6.49. The third kappa shape index (κ3) is 2.50. The first-order chi connectivity index (χ1) is 6.79. The van der Waals surface area contributed by atoms with Crippen molar-refractivity contribution in [2.45, 2.75) is 59.3 Å². The summed E-state index contributed by atoms with van der Waals surface area (Å²) in [6, 6.07) is 0. The van der Waals surface area contributed by atoms with Gasteiger partial charge in [-0.3, -0.25) is 0 Å². The van der Waals surface area contributed by atoms with E-state index in [1.54, 1.807) is 0 Å². The Morgan fingerprint density at radius 2 is 1.79 bits per heavy atom. The summed E-state index contributed by atoms with van der Waals surface area (Å²) < 4.78 is 0. The second kappa shape index (κ2) is 5.75. The minimum atomic E-state index is 0.684. The van der Waals surface area contributed by atoms with Crippen LogP contribution in [0.3, 0.4) is 0 Å². The molecule has 0 amide bonds. The Morgan fingerprint density at radius 3 is 2.29 bits per heavy atom. The fraction of sp³-hybridized carbons (Fsp3) is 1.00. The number of rotatable bonds is 5. The molecule has 0 aromatic heterocycles. The van der Waals surface area contributed by atoms with Crippen LogP contribution >= 0.6 is 0 Å². The molecule has 1 saturated heterocycles. The van der Waals surface area contributed by atoms with Crippen molar-refractivity contribution in [3.8, 4) is 0 Å². The molecule has 1 nitrogen and oxygen atoms in total. The Labute approximate surface area is 89.7 Å². The lowest BCUT2D eigenvalue weighted by atomic mass is 9.64. The van der Waals surface area contributed by atoms with Crippen LogP contribution in [0.15, 0.2) is 0 Å². The summed E-state index contributed by atoms with van der Waals surface area (Å²) in [6.45, 7) is 9.54. The van der Waals surface area contributed by atoms with Gasteiger partial charge in [0.15, 0.2) is 0 Å².